The van der Waals surface area contributed by atoms with Crippen molar-refractivity contribution in [3.8, 4) is 5.75 Å². The van der Waals surface area contributed by atoms with Crippen molar-refractivity contribution >= 4 is 57.6 Å². The van der Waals surface area contributed by atoms with Gasteiger partial charge in [0.25, 0.3) is 5.91 Å². The van der Waals surface area contributed by atoms with E-state index in [4.69, 9.17) is 27.9 Å². The molecule has 0 spiro atoms. The molecule has 1 atom stereocenters. The minimum Gasteiger partial charge on any atom is -0.484 e. The van der Waals surface area contributed by atoms with Crippen molar-refractivity contribution in [2.24, 2.45) is 0 Å². The van der Waals surface area contributed by atoms with Crippen LogP contribution in [0.4, 0.5) is 0 Å². The summed E-state index contributed by atoms with van der Waals surface area (Å²) in [6.45, 7) is -0.163. The summed E-state index contributed by atoms with van der Waals surface area (Å²) in [5.41, 5.74) is 1.50. The first-order chi connectivity index (χ1) is 15.9. The van der Waals surface area contributed by atoms with E-state index < -0.39 is 6.04 Å². The fourth-order valence-corrected chi connectivity index (χ4v) is 4.21. The Bertz CT molecular complexity index is 1070. The number of hydrogen-bond acceptors (Lipinski definition) is 3. The lowest BCUT2D eigenvalue weighted by molar-refractivity contribution is -0.142. The van der Waals surface area contributed by atoms with Crippen LogP contribution in [0.5, 0.6) is 5.75 Å². The predicted molar refractivity (Wildman–Crippen MR) is 140 cm³/mol. The second-order valence-corrected chi connectivity index (χ2v) is 9.34. The van der Waals surface area contributed by atoms with Crippen LogP contribution in [0.15, 0.2) is 72.8 Å². The van der Waals surface area contributed by atoms with Crippen molar-refractivity contribution in [3.63, 3.8) is 0 Å². The van der Waals surface area contributed by atoms with Gasteiger partial charge >= 0.3 is 0 Å². The van der Waals surface area contributed by atoms with Crippen LogP contribution in [0.2, 0.25) is 10.0 Å². The molecular formula is C25H23Cl2IN2O3. The Labute approximate surface area is 217 Å². The molecule has 0 aliphatic rings. The molecule has 0 bridgehead atoms. The largest absolute Gasteiger partial charge is 0.484 e. The van der Waals surface area contributed by atoms with Gasteiger partial charge in [0.05, 0.1) is 0 Å². The average Bonchev–Trinajstić information content (AvgIpc) is 2.82. The highest BCUT2D eigenvalue weighted by atomic mass is 127. The molecule has 0 heterocycles. The van der Waals surface area contributed by atoms with Crippen LogP contribution < -0.4 is 10.1 Å². The number of hydrogen-bond donors (Lipinski definition) is 1. The third-order valence-corrected chi connectivity index (χ3v) is 6.51. The number of carbonyl (C=O) groups is 2. The first-order valence-electron chi connectivity index (χ1n) is 10.2. The first-order valence-corrected chi connectivity index (χ1v) is 12.1. The summed E-state index contributed by atoms with van der Waals surface area (Å²) in [5.74, 6) is -0.0715. The molecule has 0 unspecified atom stereocenters. The van der Waals surface area contributed by atoms with E-state index in [1.54, 1.807) is 37.4 Å². The normalized spacial score (nSPS) is 11.5. The average molecular weight is 597 g/mol. The molecule has 3 rings (SSSR count). The Morgan fingerprint density at radius 3 is 2.21 bits per heavy atom. The van der Waals surface area contributed by atoms with Gasteiger partial charge in [0.15, 0.2) is 6.61 Å². The van der Waals surface area contributed by atoms with Crippen molar-refractivity contribution in [2.45, 2.75) is 19.0 Å². The Morgan fingerprint density at radius 2 is 1.61 bits per heavy atom. The first kappa shape index (κ1) is 25.3. The van der Waals surface area contributed by atoms with Gasteiger partial charge in [-0.1, -0.05) is 59.6 Å². The van der Waals surface area contributed by atoms with E-state index in [9.17, 15) is 9.59 Å². The predicted octanol–water partition coefficient (Wildman–Crippen LogP) is 5.36. The van der Waals surface area contributed by atoms with Crippen LogP contribution in [0.1, 0.15) is 11.1 Å². The van der Waals surface area contributed by atoms with E-state index in [2.05, 4.69) is 27.9 Å². The van der Waals surface area contributed by atoms with E-state index in [0.29, 0.717) is 27.8 Å². The van der Waals surface area contributed by atoms with Gasteiger partial charge in [-0.3, -0.25) is 9.59 Å². The lowest BCUT2D eigenvalue weighted by atomic mass is 10.0. The summed E-state index contributed by atoms with van der Waals surface area (Å²) in [6, 6.07) is 21.3. The molecule has 8 heteroatoms. The van der Waals surface area contributed by atoms with Crippen LogP contribution in [0, 0.1) is 3.57 Å². The molecule has 33 heavy (non-hydrogen) atoms. The number of benzene rings is 3. The third-order valence-electron chi connectivity index (χ3n) is 5.08. The second kappa shape index (κ2) is 12.3. The molecule has 1 N–H and O–H groups in total. The molecule has 3 aromatic rings. The Morgan fingerprint density at radius 1 is 0.970 bits per heavy atom. The van der Waals surface area contributed by atoms with Gasteiger partial charge in [-0.15, -0.1) is 0 Å². The lowest BCUT2D eigenvalue weighted by Crippen LogP contribution is -2.51. The van der Waals surface area contributed by atoms with Crippen molar-refractivity contribution in [3.05, 3.63) is 97.5 Å². The van der Waals surface area contributed by atoms with Gasteiger partial charge in [-0.05, 0) is 64.6 Å². The minimum atomic E-state index is -0.780. The van der Waals surface area contributed by atoms with Crippen LogP contribution in [0.25, 0.3) is 0 Å². The third kappa shape index (κ3) is 7.09. The van der Waals surface area contributed by atoms with Gasteiger partial charge in [0.2, 0.25) is 5.91 Å². The molecule has 0 saturated heterocycles. The van der Waals surface area contributed by atoms with E-state index in [0.717, 1.165) is 9.13 Å². The maximum absolute atomic E-state index is 13.4. The van der Waals surface area contributed by atoms with Crippen molar-refractivity contribution < 1.29 is 14.3 Å². The monoisotopic (exact) mass is 596 g/mol. The van der Waals surface area contributed by atoms with E-state index in [1.807, 2.05) is 42.5 Å². The summed E-state index contributed by atoms with van der Waals surface area (Å²) in [5, 5.41) is 3.53. The Balaban J connectivity index is 1.91. The molecule has 2 amide bonds. The van der Waals surface area contributed by atoms with Crippen LogP contribution in [0.3, 0.4) is 0 Å². The van der Waals surface area contributed by atoms with Crippen LogP contribution in [-0.2, 0) is 22.6 Å². The number of likely N-dealkylation sites (N-methyl/N-ethyl adjacent to an activating group) is 1. The van der Waals surface area contributed by atoms with Gasteiger partial charge in [0, 0.05) is 39.2 Å². The van der Waals surface area contributed by atoms with E-state index >= 15 is 0 Å². The summed E-state index contributed by atoms with van der Waals surface area (Å²) in [4.78, 5) is 27.8. The Hall–Kier alpha value is -2.29. The van der Waals surface area contributed by atoms with Gasteiger partial charge in [-0.25, -0.2) is 0 Å². The number of halogens is 3. The number of rotatable bonds is 9. The molecule has 0 aliphatic carbocycles. The summed E-state index contributed by atoms with van der Waals surface area (Å²) in [7, 11) is 1.55. The molecule has 172 valence electrons. The fraction of sp³-hybridized carbons (Fsp3) is 0.200. The standard InChI is InChI=1S/C25H23Cl2IN2O3/c1-29-25(32)23(14-17-6-3-2-4-7-17)30(15-20-21(26)8-5-9-22(20)27)24(31)16-33-19-12-10-18(28)11-13-19/h2-13,23H,14-16H2,1H3,(H,29,32)/t23-/m0/s1. The highest BCUT2D eigenvalue weighted by molar-refractivity contribution is 14.1. The molecule has 0 saturated carbocycles. The Kier molecular flexibility index (Phi) is 9.41. The quantitative estimate of drug-likeness (QED) is 0.338. The number of nitrogens with zero attached hydrogens (tertiary/aromatic N) is 1. The number of carbonyl (C=O) groups excluding carboxylic acids is 2. The minimum absolute atomic E-state index is 0.0678. The van der Waals surface area contributed by atoms with E-state index in [-0.39, 0.29) is 25.0 Å². The highest BCUT2D eigenvalue weighted by Crippen LogP contribution is 2.27. The fourth-order valence-electron chi connectivity index (χ4n) is 3.33. The summed E-state index contributed by atoms with van der Waals surface area (Å²) in [6.07, 6.45) is 0.331. The maximum atomic E-state index is 13.4. The van der Waals surface area contributed by atoms with Gasteiger partial charge in [-0.2, -0.15) is 0 Å². The van der Waals surface area contributed by atoms with E-state index in [1.165, 1.54) is 4.90 Å². The molecule has 3 aromatic carbocycles. The molecule has 5 nitrogen and oxygen atoms in total. The zero-order chi connectivity index (χ0) is 23.8. The SMILES string of the molecule is CNC(=O)[C@H](Cc1ccccc1)N(Cc1c(Cl)cccc1Cl)C(=O)COc1ccc(I)cc1. The second-order valence-electron chi connectivity index (χ2n) is 7.28. The van der Waals surface area contributed by atoms with Gasteiger partial charge in [0.1, 0.15) is 11.8 Å². The molecular weight excluding hydrogens is 574 g/mol. The molecule has 0 aromatic heterocycles. The van der Waals surface area contributed by atoms with Gasteiger partial charge < -0.3 is 15.0 Å². The van der Waals surface area contributed by atoms with Crippen LogP contribution >= 0.6 is 45.8 Å². The summed E-state index contributed by atoms with van der Waals surface area (Å²) < 4.78 is 6.78. The number of amides is 2. The van der Waals surface area contributed by atoms with Crippen molar-refractivity contribution in [1.29, 1.82) is 0 Å². The number of ether oxygens (including phenoxy) is 1. The zero-order valence-electron chi connectivity index (χ0n) is 17.9. The van der Waals surface area contributed by atoms with Crippen molar-refractivity contribution in [2.75, 3.05) is 13.7 Å². The smallest absolute Gasteiger partial charge is 0.261 e. The topological polar surface area (TPSA) is 58.6 Å². The zero-order valence-corrected chi connectivity index (χ0v) is 21.6. The molecule has 0 radical (unpaired) electrons. The molecule has 0 aliphatic heterocycles. The summed E-state index contributed by atoms with van der Waals surface area (Å²) >= 11 is 15.0. The number of nitrogens with one attached hydrogen (secondary N) is 1. The van der Waals surface area contributed by atoms with Crippen molar-refractivity contribution in [1.82, 2.24) is 10.2 Å². The molecule has 0 fully saturated rings. The lowest BCUT2D eigenvalue weighted by Gasteiger charge is -2.31. The highest BCUT2D eigenvalue weighted by Gasteiger charge is 2.31. The van der Waals surface area contributed by atoms with Crippen LogP contribution in [-0.4, -0.2) is 36.4 Å². The maximum Gasteiger partial charge on any atom is 0.261 e.